The number of furan rings is 1. The van der Waals surface area contributed by atoms with Gasteiger partial charge in [0.15, 0.2) is 17.5 Å². The Bertz CT molecular complexity index is 2770. The number of thiophene rings is 1. The molecule has 0 radical (unpaired) electrons. The molecule has 0 aliphatic heterocycles. The van der Waals surface area contributed by atoms with Crippen LogP contribution in [0.3, 0.4) is 0 Å². The Morgan fingerprint density at radius 2 is 1.14 bits per heavy atom. The van der Waals surface area contributed by atoms with Gasteiger partial charge in [0.25, 0.3) is 0 Å². The maximum absolute atomic E-state index is 8.56. The fourth-order valence-corrected chi connectivity index (χ4v) is 6.99. The first-order valence-electron chi connectivity index (χ1n) is 16.6. The van der Waals surface area contributed by atoms with Crippen LogP contribution in [0.15, 0.2) is 144 Å². The minimum atomic E-state index is -0.477. The molecule has 0 saturated carbocycles. The lowest BCUT2D eigenvalue weighted by Gasteiger charge is -2.08. The predicted octanol–water partition coefficient (Wildman–Crippen LogP) is 10.8. The summed E-state index contributed by atoms with van der Waals surface area (Å²) >= 11 is 1.79. The molecule has 9 rings (SSSR count). The number of benzene rings is 6. The summed E-state index contributed by atoms with van der Waals surface area (Å²) in [5.41, 5.74) is 4.87. The Morgan fingerprint density at radius 3 is 1.93 bits per heavy atom. The van der Waals surface area contributed by atoms with Crippen molar-refractivity contribution in [2.75, 3.05) is 0 Å². The van der Waals surface area contributed by atoms with Crippen LogP contribution in [-0.4, -0.2) is 15.0 Å². The largest absolute Gasteiger partial charge is 0.456 e. The molecule has 0 saturated heterocycles. The molecular formula is C39H23N3OS. The summed E-state index contributed by atoms with van der Waals surface area (Å²) in [5.74, 6) is 0.595. The van der Waals surface area contributed by atoms with Gasteiger partial charge in [-0.2, -0.15) is 0 Å². The number of hydrogen-bond acceptors (Lipinski definition) is 5. The van der Waals surface area contributed by atoms with Crippen molar-refractivity contribution in [2.24, 2.45) is 0 Å². The van der Waals surface area contributed by atoms with Gasteiger partial charge in [0.05, 0.1) is 6.85 Å². The molecule has 0 amide bonds. The summed E-state index contributed by atoms with van der Waals surface area (Å²) in [4.78, 5) is 14.0. The Balaban J connectivity index is 1.19. The molecule has 0 fully saturated rings. The smallest absolute Gasteiger partial charge is 0.164 e. The third-order valence-corrected chi connectivity index (χ3v) is 9.06. The van der Waals surface area contributed by atoms with E-state index in [-0.39, 0.29) is 29.3 Å². The minimum absolute atomic E-state index is 0.00869. The average molecular weight is 587 g/mol. The second-order valence-corrected chi connectivity index (χ2v) is 11.5. The fourth-order valence-electron chi connectivity index (χ4n) is 5.75. The summed E-state index contributed by atoms with van der Waals surface area (Å²) in [6.07, 6.45) is 0. The molecule has 0 spiro atoms. The van der Waals surface area contributed by atoms with Crippen LogP contribution in [-0.2, 0) is 0 Å². The first-order chi connectivity index (χ1) is 23.9. The topological polar surface area (TPSA) is 51.8 Å². The quantitative estimate of drug-likeness (QED) is 0.206. The van der Waals surface area contributed by atoms with Crippen molar-refractivity contribution in [1.82, 2.24) is 15.0 Å². The summed E-state index contributed by atoms with van der Waals surface area (Å²) in [6.45, 7) is 0. The average Bonchev–Trinajstić information content (AvgIpc) is 3.71. The van der Waals surface area contributed by atoms with Crippen LogP contribution in [0.1, 0.15) is 6.85 Å². The molecular weight excluding hydrogens is 559 g/mol. The molecule has 0 bridgehead atoms. The fraction of sp³-hybridized carbons (Fsp3) is 0. The molecule has 0 aliphatic carbocycles. The third kappa shape index (κ3) is 4.09. The highest BCUT2D eigenvalue weighted by Crippen LogP contribution is 2.41. The highest BCUT2D eigenvalue weighted by atomic mass is 32.1. The summed E-state index contributed by atoms with van der Waals surface area (Å²) in [6, 6.07) is 34.1. The number of aromatic nitrogens is 3. The van der Waals surface area contributed by atoms with Crippen LogP contribution in [0.2, 0.25) is 0 Å². The third-order valence-electron chi connectivity index (χ3n) is 7.84. The summed E-state index contributed by atoms with van der Waals surface area (Å²) in [7, 11) is 0. The van der Waals surface area contributed by atoms with Gasteiger partial charge in [-0.3, -0.25) is 0 Å². The number of rotatable bonds is 4. The van der Waals surface area contributed by atoms with Crippen molar-refractivity contribution in [3.8, 4) is 45.3 Å². The van der Waals surface area contributed by atoms with E-state index in [9.17, 15) is 0 Å². The van der Waals surface area contributed by atoms with Gasteiger partial charge in [-0.05, 0) is 41.5 Å². The molecule has 206 valence electrons. The van der Waals surface area contributed by atoms with Crippen molar-refractivity contribution < 1.29 is 11.3 Å². The van der Waals surface area contributed by atoms with Gasteiger partial charge >= 0.3 is 0 Å². The second-order valence-electron chi connectivity index (χ2n) is 10.5. The summed E-state index contributed by atoms with van der Waals surface area (Å²) in [5, 5.41) is 4.41. The van der Waals surface area contributed by atoms with Crippen molar-refractivity contribution in [3.05, 3.63) is 139 Å². The molecule has 0 unspecified atom stereocenters. The van der Waals surface area contributed by atoms with E-state index in [1.807, 2.05) is 48.5 Å². The minimum Gasteiger partial charge on any atom is -0.456 e. The second kappa shape index (κ2) is 9.97. The van der Waals surface area contributed by atoms with Crippen LogP contribution >= 0.6 is 11.3 Å². The first kappa shape index (κ1) is 20.3. The summed E-state index contributed by atoms with van der Waals surface area (Å²) < 4.78 is 50.5. The van der Waals surface area contributed by atoms with E-state index in [0.717, 1.165) is 27.5 Å². The number of fused-ring (bicyclic) bond motifs is 6. The van der Waals surface area contributed by atoms with Gasteiger partial charge in [0.2, 0.25) is 0 Å². The van der Waals surface area contributed by atoms with E-state index >= 15 is 0 Å². The standard InChI is InChI=1S/C39H23N3OS/c1-3-10-24(11-4-1)37-40-38(25-12-5-2-6-13-25)42-39(41-37)27-19-21-30-29-20-18-26(22-33(29)43-34(30)23-27)28-15-9-16-32-31-14-7-8-17-35(31)44-36(28)32/h1-23H/i1D,3D,4D,10D,11D. The van der Waals surface area contributed by atoms with Gasteiger partial charge in [0.1, 0.15) is 11.2 Å². The monoisotopic (exact) mass is 586 g/mol. The highest BCUT2D eigenvalue weighted by molar-refractivity contribution is 7.26. The normalized spacial score (nSPS) is 13.2. The van der Waals surface area contributed by atoms with E-state index in [0.29, 0.717) is 22.5 Å². The Morgan fingerprint density at radius 1 is 0.500 bits per heavy atom. The van der Waals surface area contributed by atoms with Crippen LogP contribution in [0.4, 0.5) is 0 Å². The van der Waals surface area contributed by atoms with Gasteiger partial charge < -0.3 is 4.42 Å². The Labute approximate surface area is 264 Å². The molecule has 4 nitrogen and oxygen atoms in total. The number of hydrogen-bond donors (Lipinski definition) is 0. The molecule has 44 heavy (non-hydrogen) atoms. The first-order valence-corrected chi connectivity index (χ1v) is 14.9. The van der Waals surface area contributed by atoms with Crippen molar-refractivity contribution in [3.63, 3.8) is 0 Å². The molecule has 0 N–H and O–H groups in total. The molecule has 5 heteroatoms. The highest BCUT2D eigenvalue weighted by Gasteiger charge is 2.16. The number of nitrogens with zero attached hydrogens (tertiary/aromatic N) is 3. The van der Waals surface area contributed by atoms with E-state index < -0.39 is 18.1 Å². The lowest BCUT2D eigenvalue weighted by atomic mass is 10.0. The van der Waals surface area contributed by atoms with Crippen molar-refractivity contribution in [2.45, 2.75) is 0 Å². The van der Waals surface area contributed by atoms with Crippen LogP contribution in [0.5, 0.6) is 0 Å². The van der Waals surface area contributed by atoms with Gasteiger partial charge in [0, 0.05) is 47.6 Å². The Kier molecular flexibility index (Phi) is 4.60. The van der Waals surface area contributed by atoms with Crippen LogP contribution < -0.4 is 0 Å². The van der Waals surface area contributed by atoms with Crippen molar-refractivity contribution in [1.29, 1.82) is 0 Å². The maximum Gasteiger partial charge on any atom is 0.164 e. The predicted molar refractivity (Wildman–Crippen MR) is 182 cm³/mol. The zero-order valence-electron chi connectivity index (χ0n) is 28.1. The SMILES string of the molecule is [2H]c1c([2H])c([2H])c(-c2nc(-c3ccccc3)nc(-c3ccc4c(c3)oc3cc(-c5cccc6c5sc5ccccc56)ccc34)n2)c([2H])c1[2H]. The molecule has 0 aliphatic rings. The molecule has 6 aromatic carbocycles. The molecule has 3 aromatic heterocycles. The van der Waals surface area contributed by atoms with Gasteiger partial charge in [-0.1, -0.05) is 109 Å². The van der Waals surface area contributed by atoms with Crippen LogP contribution in [0.25, 0.3) is 87.4 Å². The zero-order chi connectivity index (χ0) is 33.4. The van der Waals surface area contributed by atoms with E-state index in [1.54, 1.807) is 11.3 Å². The lowest BCUT2D eigenvalue weighted by Crippen LogP contribution is -2.00. The van der Waals surface area contributed by atoms with Gasteiger partial charge in [-0.25, -0.2) is 15.0 Å². The molecule has 0 atom stereocenters. The maximum atomic E-state index is 8.56. The van der Waals surface area contributed by atoms with E-state index in [1.165, 1.54) is 20.2 Å². The molecule has 9 aromatic rings. The Hall–Kier alpha value is -5.65. The molecule has 3 heterocycles. The van der Waals surface area contributed by atoms with E-state index in [2.05, 4.69) is 70.6 Å². The van der Waals surface area contributed by atoms with Crippen molar-refractivity contribution >= 4 is 53.4 Å². The van der Waals surface area contributed by atoms with E-state index in [4.69, 9.17) is 16.3 Å². The van der Waals surface area contributed by atoms with Crippen LogP contribution in [0, 0.1) is 0 Å². The van der Waals surface area contributed by atoms with Gasteiger partial charge in [-0.15, -0.1) is 11.3 Å². The zero-order valence-corrected chi connectivity index (χ0v) is 23.9. The lowest BCUT2D eigenvalue weighted by molar-refractivity contribution is 0.669.